The van der Waals surface area contributed by atoms with Crippen molar-refractivity contribution in [3.8, 4) is 0 Å². The molecular weight excluding hydrogens is 200 g/mol. The van der Waals surface area contributed by atoms with Crippen LogP contribution in [0.4, 0.5) is 4.79 Å². The Morgan fingerprint density at radius 3 is 2.73 bits per heavy atom. The third-order valence-electron chi connectivity index (χ3n) is 1.44. The Labute approximate surface area is 86.1 Å². The first-order valence-electron chi connectivity index (χ1n) is 4.18. The molecule has 0 unspecified atom stereocenters. The van der Waals surface area contributed by atoms with E-state index < -0.39 is 12.1 Å². The van der Waals surface area contributed by atoms with Gasteiger partial charge in [-0.3, -0.25) is 0 Å². The molecule has 15 heavy (non-hydrogen) atoms. The van der Waals surface area contributed by atoms with Crippen LogP contribution in [0.15, 0.2) is 31.4 Å². The maximum absolute atomic E-state index is 11.2. The minimum Gasteiger partial charge on any atom is -0.459 e. The molecule has 0 saturated carbocycles. The van der Waals surface area contributed by atoms with Gasteiger partial charge in [0.15, 0.2) is 0 Å². The first kappa shape index (κ1) is 11.0. The molecule has 1 aromatic heterocycles. The fourth-order valence-corrected chi connectivity index (χ4v) is 0.772. The second-order valence-corrected chi connectivity index (χ2v) is 2.46. The summed E-state index contributed by atoms with van der Waals surface area (Å²) in [6.45, 7) is 3.22. The number of rotatable bonds is 4. The van der Waals surface area contributed by atoms with Gasteiger partial charge in [0, 0.05) is 18.5 Å². The number of carbonyl (C=O) groups excluding carboxylic acids is 2. The smallest absolute Gasteiger partial charge is 0.419 e. The van der Waals surface area contributed by atoms with Gasteiger partial charge in [-0.15, -0.1) is 0 Å². The van der Waals surface area contributed by atoms with E-state index in [-0.39, 0.29) is 13.2 Å². The van der Waals surface area contributed by atoms with E-state index in [2.05, 4.69) is 16.3 Å². The number of ether oxygens (including phenoxy) is 2. The van der Waals surface area contributed by atoms with Crippen molar-refractivity contribution in [2.24, 2.45) is 0 Å². The molecule has 1 rings (SSSR count). The largest absolute Gasteiger partial charge is 0.459 e. The van der Waals surface area contributed by atoms with Crippen molar-refractivity contribution < 1.29 is 19.1 Å². The molecule has 0 aliphatic heterocycles. The topological polar surface area (TPSA) is 70.4 Å². The van der Waals surface area contributed by atoms with Crippen LogP contribution in [0.2, 0.25) is 0 Å². The summed E-state index contributed by atoms with van der Waals surface area (Å²) in [6, 6.07) is 0. The highest BCUT2D eigenvalue weighted by Crippen LogP contribution is 1.90. The fourth-order valence-electron chi connectivity index (χ4n) is 0.772. The van der Waals surface area contributed by atoms with Crippen LogP contribution in [0.25, 0.3) is 0 Å². The molecule has 0 N–H and O–H groups in total. The fraction of sp³-hybridized carbons (Fsp3) is 0.222. The second-order valence-electron chi connectivity index (χ2n) is 2.46. The van der Waals surface area contributed by atoms with E-state index >= 15 is 0 Å². The van der Waals surface area contributed by atoms with E-state index in [4.69, 9.17) is 4.74 Å². The van der Waals surface area contributed by atoms with E-state index in [1.807, 2.05) is 0 Å². The molecule has 0 saturated heterocycles. The Kier molecular flexibility index (Phi) is 4.08. The average Bonchev–Trinajstić information content (AvgIpc) is 2.77. The Hall–Kier alpha value is -2.11. The van der Waals surface area contributed by atoms with Crippen molar-refractivity contribution in [3.05, 3.63) is 31.4 Å². The minimum atomic E-state index is -0.567. The molecule has 0 radical (unpaired) electrons. The molecular formula is C9H10N2O4. The van der Waals surface area contributed by atoms with Crippen molar-refractivity contribution in [3.63, 3.8) is 0 Å². The number of nitrogens with zero attached hydrogens (tertiary/aromatic N) is 2. The zero-order valence-electron chi connectivity index (χ0n) is 7.96. The lowest BCUT2D eigenvalue weighted by Gasteiger charge is -2.04. The molecule has 0 aromatic carbocycles. The number of hydrogen-bond acceptors (Lipinski definition) is 5. The predicted molar refractivity (Wildman–Crippen MR) is 50.1 cm³/mol. The van der Waals surface area contributed by atoms with Crippen LogP contribution in [0.1, 0.15) is 0 Å². The monoisotopic (exact) mass is 210 g/mol. The lowest BCUT2D eigenvalue weighted by atomic mass is 10.6. The van der Waals surface area contributed by atoms with Gasteiger partial charge in [0.1, 0.15) is 19.5 Å². The Morgan fingerprint density at radius 1 is 1.40 bits per heavy atom. The molecule has 0 aliphatic carbocycles. The van der Waals surface area contributed by atoms with E-state index in [0.29, 0.717) is 0 Å². The maximum Gasteiger partial charge on any atom is 0.419 e. The summed E-state index contributed by atoms with van der Waals surface area (Å²) in [4.78, 5) is 25.4. The van der Waals surface area contributed by atoms with Gasteiger partial charge in [-0.25, -0.2) is 19.1 Å². The van der Waals surface area contributed by atoms with Crippen LogP contribution in [-0.4, -0.2) is 34.8 Å². The second kappa shape index (κ2) is 5.58. The van der Waals surface area contributed by atoms with Gasteiger partial charge >= 0.3 is 12.1 Å². The Balaban J connectivity index is 2.18. The summed E-state index contributed by atoms with van der Waals surface area (Å²) in [7, 11) is 0. The minimum absolute atomic E-state index is 0.00338. The summed E-state index contributed by atoms with van der Waals surface area (Å²) < 4.78 is 10.5. The number of imidazole rings is 1. The van der Waals surface area contributed by atoms with Gasteiger partial charge < -0.3 is 9.47 Å². The molecule has 0 spiro atoms. The van der Waals surface area contributed by atoms with Crippen molar-refractivity contribution in [1.82, 2.24) is 9.55 Å². The van der Waals surface area contributed by atoms with E-state index in [9.17, 15) is 9.59 Å². The van der Waals surface area contributed by atoms with Gasteiger partial charge in [0.05, 0.1) is 0 Å². The Bertz CT molecular complexity index is 345. The first-order valence-corrected chi connectivity index (χ1v) is 4.18. The van der Waals surface area contributed by atoms with Crippen molar-refractivity contribution >= 4 is 12.1 Å². The standard InChI is InChI=1S/C9H10N2O4/c1-2-8(12)14-5-6-15-9(13)11-4-3-10-7-11/h2-4,7H,1,5-6H2. The van der Waals surface area contributed by atoms with Crippen LogP contribution in [-0.2, 0) is 14.3 Å². The van der Waals surface area contributed by atoms with Crippen LogP contribution in [0.5, 0.6) is 0 Å². The van der Waals surface area contributed by atoms with Crippen molar-refractivity contribution in [2.75, 3.05) is 13.2 Å². The molecule has 0 bridgehead atoms. The highest BCUT2D eigenvalue weighted by atomic mass is 16.6. The highest BCUT2D eigenvalue weighted by molar-refractivity contribution is 5.81. The summed E-state index contributed by atoms with van der Waals surface area (Å²) in [6.07, 6.45) is 4.70. The zero-order chi connectivity index (χ0) is 11.1. The van der Waals surface area contributed by atoms with E-state index in [1.165, 1.54) is 23.3 Å². The van der Waals surface area contributed by atoms with Crippen molar-refractivity contribution in [2.45, 2.75) is 0 Å². The number of hydrogen-bond donors (Lipinski definition) is 0. The molecule has 0 atom stereocenters. The molecule has 80 valence electrons. The molecule has 6 heteroatoms. The Morgan fingerprint density at radius 2 is 2.13 bits per heavy atom. The summed E-state index contributed by atoms with van der Waals surface area (Å²) in [5, 5.41) is 0. The van der Waals surface area contributed by atoms with Crippen LogP contribution >= 0.6 is 0 Å². The quantitative estimate of drug-likeness (QED) is 0.413. The molecule has 0 aliphatic rings. The third-order valence-corrected chi connectivity index (χ3v) is 1.44. The summed E-state index contributed by atoms with van der Waals surface area (Å²) in [5.41, 5.74) is 0. The number of aromatic nitrogens is 2. The van der Waals surface area contributed by atoms with E-state index in [1.54, 1.807) is 0 Å². The molecule has 1 heterocycles. The lowest BCUT2D eigenvalue weighted by molar-refractivity contribution is -0.138. The van der Waals surface area contributed by atoms with Crippen molar-refractivity contribution in [1.29, 1.82) is 0 Å². The molecule has 0 amide bonds. The average molecular weight is 210 g/mol. The van der Waals surface area contributed by atoms with Crippen LogP contribution in [0, 0.1) is 0 Å². The number of esters is 1. The van der Waals surface area contributed by atoms with Gasteiger partial charge in [-0.05, 0) is 0 Å². The normalized spacial score (nSPS) is 9.33. The highest BCUT2D eigenvalue weighted by Gasteiger charge is 2.04. The summed E-state index contributed by atoms with van der Waals surface area (Å²) >= 11 is 0. The molecule has 1 aromatic rings. The van der Waals surface area contributed by atoms with Gasteiger partial charge in [-0.2, -0.15) is 0 Å². The van der Waals surface area contributed by atoms with Crippen LogP contribution < -0.4 is 0 Å². The first-order chi connectivity index (χ1) is 7.24. The maximum atomic E-state index is 11.2. The zero-order valence-corrected chi connectivity index (χ0v) is 7.96. The van der Waals surface area contributed by atoms with Gasteiger partial charge in [-0.1, -0.05) is 6.58 Å². The number of carbonyl (C=O) groups is 2. The van der Waals surface area contributed by atoms with Crippen LogP contribution in [0.3, 0.4) is 0 Å². The lowest BCUT2D eigenvalue weighted by Crippen LogP contribution is -2.16. The summed E-state index contributed by atoms with van der Waals surface area (Å²) in [5.74, 6) is -0.548. The molecule has 6 nitrogen and oxygen atoms in total. The predicted octanol–water partition coefficient (Wildman–Crippen LogP) is 0.597. The third kappa shape index (κ3) is 3.63. The van der Waals surface area contributed by atoms with Gasteiger partial charge in [0.25, 0.3) is 0 Å². The van der Waals surface area contributed by atoms with Gasteiger partial charge in [0.2, 0.25) is 0 Å². The SMILES string of the molecule is C=CC(=O)OCCOC(=O)n1ccnc1. The molecule has 0 fully saturated rings. The van der Waals surface area contributed by atoms with E-state index in [0.717, 1.165) is 6.08 Å².